The molecule has 3 aliphatic heterocycles. The fourth-order valence-corrected chi connectivity index (χ4v) is 4.24. The molecular weight excluding hydrogens is 329 g/mol. The standard InChI is InChI=1S/C15H29N3.3ClH/c1-17-7-5-13(6-8-17)16-11-12-9-14-3-4-15(10-12)18(14)2;;;/h12-16H,3-11H2,1-2H3;3*1H. The van der Waals surface area contributed by atoms with Crippen LogP contribution in [0.25, 0.3) is 0 Å². The van der Waals surface area contributed by atoms with Gasteiger partial charge in [-0.3, -0.25) is 0 Å². The zero-order valence-electron chi connectivity index (χ0n) is 13.3. The van der Waals surface area contributed by atoms with Crippen LogP contribution >= 0.6 is 37.2 Å². The molecule has 6 heteroatoms. The summed E-state index contributed by atoms with van der Waals surface area (Å²) in [6.07, 6.45) is 8.46. The highest BCUT2D eigenvalue weighted by Crippen LogP contribution is 2.37. The van der Waals surface area contributed by atoms with Gasteiger partial charge < -0.3 is 15.1 Å². The minimum Gasteiger partial charge on any atom is -0.314 e. The Labute approximate surface area is 148 Å². The molecule has 1 N–H and O–H groups in total. The maximum Gasteiger partial charge on any atom is 0.00988 e. The summed E-state index contributed by atoms with van der Waals surface area (Å²) in [7, 11) is 4.58. The van der Waals surface area contributed by atoms with Gasteiger partial charge in [0.2, 0.25) is 0 Å². The molecule has 0 amide bonds. The van der Waals surface area contributed by atoms with E-state index in [1.54, 1.807) is 0 Å². The number of hydrogen-bond donors (Lipinski definition) is 1. The quantitative estimate of drug-likeness (QED) is 0.835. The van der Waals surface area contributed by atoms with E-state index in [9.17, 15) is 0 Å². The normalized spacial score (nSPS) is 33.7. The SMILES string of the molecule is CN1CCC(NCC2CC3CCC(C2)N3C)CC1.Cl.Cl.Cl. The molecule has 3 rings (SSSR count). The van der Waals surface area contributed by atoms with E-state index < -0.39 is 0 Å². The van der Waals surface area contributed by atoms with Gasteiger partial charge in [-0.2, -0.15) is 0 Å². The van der Waals surface area contributed by atoms with Crippen molar-refractivity contribution in [1.29, 1.82) is 0 Å². The fraction of sp³-hybridized carbons (Fsp3) is 1.00. The van der Waals surface area contributed by atoms with Crippen molar-refractivity contribution < 1.29 is 0 Å². The Morgan fingerprint density at radius 2 is 1.38 bits per heavy atom. The molecule has 0 aromatic carbocycles. The van der Waals surface area contributed by atoms with Crippen molar-refractivity contribution in [3.8, 4) is 0 Å². The predicted octanol–water partition coefficient (Wildman–Crippen LogP) is 2.81. The third-order valence-corrected chi connectivity index (χ3v) is 5.61. The molecule has 3 fully saturated rings. The lowest BCUT2D eigenvalue weighted by Gasteiger charge is -2.37. The van der Waals surface area contributed by atoms with Crippen molar-refractivity contribution in [2.45, 2.75) is 56.7 Å². The number of piperidine rings is 2. The maximum atomic E-state index is 3.85. The molecule has 21 heavy (non-hydrogen) atoms. The van der Waals surface area contributed by atoms with Crippen LogP contribution in [0, 0.1) is 5.92 Å². The van der Waals surface area contributed by atoms with Crippen molar-refractivity contribution >= 4 is 37.2 Å². The molecule has 2 bridgehead atoms. The lowest BCUT2D eigenvalue weighted by molar-refractivity contribution is 0.128. The minimum absolute atomic E-state index is 0. The van der Waals surface area contributed by atoms with E-state index in [1.165, 1.54) is 58.2 Å². The third kappa shape index (κ3) is 5.40. The van der Waals surface area contributed by atoms with Crippen LogP contribution in [0.5, 0.6) is 0 Å². The molecule has 2 unspecified atom stereocenters. The third-order valence-electron chi connectivity index (χ3n) is 5.61. The Bertz CT molecular complexity index is 271. The molecule has 0 spiro atoms. The summed E-state index contributed by atoms with van der Waals surface area (Å²) in [5.74, 6) is 0.943. The molecular formula is C15H32Cl3N3. The lowest BCUT2D eigenvalue weighted by Crippen LogP contribution is -2.46. The van der Waals surface area contributed by atoms with Crippen molar-refractivity contribution in [2.75, 3.05) is 33.7 Å². The smallest absolute Gasteiger partial charge is 0.00988 e. The molecule has 0 saturated carbocycles. The van der Waals surface area contributed by atoms with Gasteiger partial charge in [0.25, 0.3) is 0 Å². The van der Waals surface area contributed by atoms with E-state index in [0.29, 0.717) is 0 Å². The highest BCUT2D eigenvalue weighted by molar-refractivity contribution is 5.86. The highest BCUT2D eigenvalue weighted by atomic mass is 35.5. The first-order valence-electron chi connectivity index (χ1n) is 7.86. The molecule has 0 aromatic rings. The molecule has 0 radical (unpaired) electrons. The predicted molar refractivity (Wildman–Crippen MR) is 97.6 cm³/mol. The largest absolute Gasteiger partial charge is 0.314 e. The summed E-state index contributed by atoms with van der Waals surface area (Å²) in [6.45, 7) is 3.82. The Morgan fingerprint density at radius 1 is 0.857 bits per heavy atom. The minimum atomic E-state index is 0. The van der Waals surface area contributed by atoms with Crippen molar-refractivity contribution in [2.24, 2.45) is 5.92 Å². The van der Waals surface area contributed by atoms with Crippen LogP contribution in [0.3, 0.4) is 0 Å². The van der Waals surface area contributed by atoms with E-state index in [-0.39, 0.29) is 37.2 Å². The number of rotatable bonds is 3. The Kier molecular flexibility index (Phi) is 10.1. The molecule has 3 aliphatic rings. The van der Waals surface area contributed by atoms with Crippen molar-refractivity contribution in [3.63, 3.8) is 0 Å². The Balaban J connectivity index is 0.00000133. The van der Waals surface area contributed by atoms with Gasteiger partial charge in [-0.1, -0.05) is 0 Å². The summed E-state index contributed by atoms with van der Waals surface area (Å²) in [5, 5.41) is 3.85. The van der Waals surface area contributed by atoms with Gasteiger partial charge in [-0.15, -0.1) is 37.2 Å². The van der Waals surface area contributed by atoms with Crippen LogP contribution in [0.4, 0.5) is 0 Å². The number of likely N-dealkylation sites (tertiary alicyclic amines) is 1. The number of hydrogen-bond acceptors (Lipinski definition) is 3. The van der Waals surface area contributed by atoms with E-state index >= 15 is 0 Å². The van der Waals surface area contributed by atoms with E-state index in [2.05, 4.69) is 29.2 Å². The highest BCUT2D eigenvalue weighted by Gasteiger charge is 2.38. The fourth-order valence-electron chi connectivity index (χ4n) is 4.24. The molecule has 0 aromatic heterocycles. The molecule has 2 atom stereocenters. The van der Waals surface area contributed by atoms with Crippen LogP contribution in [0.2, 0.25) is 0 Å². The van der Waals surface area contributed by atoms with Gasteiger partial charge in [0, 0.05) is 18.1 Å². The van der Waals surface area contributed by atoms with E-state index in [0.717, 1.165) is 24.0 Å². The maximum absolute atomic E-state index is 3.85. The van der Waals surface area contributed by atoms with Crippen LogP contribution in [-0.2, 0) is 0 Å². The first-order valence-corrected chi connectivity index (χ1v) is 7.86. The van der Waals surface area contributed by atoms with Gasteiger partial charge >= 0.3 is 0 Å². The van der Waals surface area contributed by atoms with Crippen LogP contribution in [-0.4, -0.2) is 61.7 Å². The summed E-state index contributed by atoms with van der Waals surface area (Å²) >= 11 is 0. The van der Waals surface area contributed by atoms with E-state index in [4.69, 9.17) is 0 Å². The van der Waals surface area contributed by atoms with Gasteiger partial charge in [-0.25, -0.2) is 0 Å². The molecule has 128 valence electrons. The van der Waals surface area contributed by atoms with Crippen LogP contribution < -0.4 is 5.32 Å². The second-order valence-corrected chi connectivity index (χ2v) is 6.87. The number of fused-ring (bicyclic) bond motifs is 2. The summed E-state index contributed by atoms with van der Waals surface area (Å²) in [4.78, 5) is 5.10. The van der Waals surface area contributed by atoms with Crippen LogP contribution in [0.15, 0.2) is 0 Å². The van der Waals surface area contributed by atoms with Crippen molar-refractivity contribution in [1.82, 2.24) is 15.1 Å². The van der Waals surface area contributed by atoms with Crippen molar-refractivity contribution in [3.05, 3.63) is 0 Å². The first kappa shape index (κ1) is 21.8. The second kappa shape index (κ2) is 9.79. The topological polar surface area (TPSA) is 18.5 Å². The Hall–Kier alpha value is 0.750. The van der Waals surface area contributed by atoms with Gasteiger partial charge in [0.05, 0.1) is 0 Å². The zero-order valence-corrected chi connectivity index (χ0v) is 15.7. The molecule has 3 heterocycles. The summed E-state index contributed by atoms with van der Waals surface area (Å²) < 4.78 is 0. The van der Waals surface area contributed by atoms with Crippen LogP contribution in [0.1, 0.15) is 38.5 Å². The molecule has 3 saturated heterocycles. The average molecular weight is 361 g/mol. The molecule has 3 nitrogen and oxygen atoms in total. The van der Waals surface area contributed by atoms with Gasteiger partial charge in [0.15, 0.2) is 0 Å². The van der Waals surface area contributed by atoms with Gasteiger partial charge in [-0.05, 0) is 78.2 Å². The second-order valence-electron chi connectivity index (χ2n) is 6.87. The monoisotopic (exact) mass is 359 g/mol. The molecule has 0 aliphatic carbocycles. The summed E-state index contributed by atoms with van der Waals surface area (Å²) in [6, 6.07) is 2.58. The van der Waals surface area contributed by atoms with Gasteiger partial charge in [0.1, 0.15) is 0 Å². The van der Waals surface area contributed by atoms with E-state index in [1.807, 2.05) is 0 Å². The summed E-state index contributed by atoms with van der Waals surface area (Å²) in [5.41, 5.74) is 0. The lowest BCUT2D eigenvalue weighted by atomic mass is 9.90. The Morgan fingerprint density at radius 3 is 1.90 bits per heavy atom. The zero-order chi connectivity index (χ0) is 12.5. The number of nitrogens with one attached hydrogen (secondary N) is 1. The number of nitrogens with zero attached hydrogens (tertiary/aromatic N) is 2. The first-order chi connectivity index (χ1) is 8.72. The average Bonchev–Trinajstić information content (AvgIpc) is 2.62. The number of halogens is 3.